The van der Waals surface area contributed by atoms with Crippen molar-refractivity contribution in [1.29, 1.82) is 0 Å². The minimum atomic E-state index is 0.411. The van der Waals surface area contributed by atoms with Gasteiger partial charge in [-0.2, -0.15) is 0 Å². The molecule has 0 heteroatoms. The third-order valence-corrected chi connectivity index (χ3v) is 5.46. The highest BCUT2D eigenvalue weighted by Gasteiger charge is 2.53. The van der Waals surface area contributed by atoms with Crippen molar-refractivity contribution in [2.24, 2.45) is 23.2 Å². The molecule has 2 fully saturated rings. The molecular weight excluding hydrogens is 216 g/mol. The Morgan fingerprint density at radius 1 is 1.39 bits per heavy atom. The Bertz CT molecular complexity index is 369. The van der Waals surface area contributed by atoms with E-state index in [1.807, 2.05) is 0 Å². The van der Waals surface area contributed by atoms with E-state index in [1.54, 1.807) is 5.57 Å². The summed E-state index contributed by atoms with van der Waals surface area (Å²) in [5, 5.41) is 0. The first-order valence-electron chi connectivity index (χ1n) is 7.42. The van der Waals surface area contributed by atoms with Crippen molar-refractivity contribution in [3.63, 3.8) is 0 Å². The molecule has 0 radical (unpaired) electrons. The summed E-state index contributed by atoms with van der Waals surface area (Å²) in [5.74, 6) is 2.51. The van der Waals surface area contributed by atoms with E-state index in [4.69, 9.17) is 0 Å². The van der Waals surface area contributed by atoms with Crippen LogP contribution in [0.25, 0.3) is 0 Å². The molecule has 2 bridgehead atoms. The Morgan fingerprint density at radius 3 is 2.67 bits per heavy atom. The van der Waals surface area contributed by atoms with E-state index in [0.717, 1.165) is 17.8 Å². The van der Waals surface area contributed by atoms with Gasteiger partial charge in [0.05, 0.1) is 0 Å². The Hall–Kier alpha value is -0.780. The number of fused-ring (bicyclic) bond motifs is 2. The fourth-order valence-corrected chi connectivity index (χ4v) is 4.26. The predicted octanol–water partition coefficient (Wildman–Crippen LogP) is 5.53. The van der Waals surface area contributed by atoms with Gasteiger partial charge in [0.25, 0.3) is 0 Å². The quantitative estimate of drug-likeness (QED) is 0.558. The molecule has 18 heavy (non-hydrogen) atoms. The van der Waals surface area contributed by atoms with Crippen LogP contribution in [-0.2, 0) is 0 Å². The number of rotatable bonds is 5. The van der Waals surface area contributed by atoms with Crippen molar-refractivity contribution >= 4 is 0 Å². The van der Waals surface area contributed by atoms with Crippen LogP contribution in [-0.4, -0.2) is 0 Å². The third kappa shape index (κ3) is 2.22. The first-order valence-corrected chi connectivity index (χ1v) is 7.42. The second-order valence-corrected chi connectivity index (χ2v) is 6.82. The molecule has 2 saturated carbocycles. The van der Waals surface area contributed by atoms with Gasteiger partial charge >= 0.3 is 0 Å². The number of hydrogen-bond donors (Lipinski definition) is 0. The van der Waals surface area contributed by atoms with Crippen LogP contribution in [0.2, 0.25) is 0 Å². The molecule has 2 rings (SSSR count). The average molecular weight is 244 g/mol. The van der Waals surface area contributed by atoms with Crippen molar-refractivity contribution in [3.8, 4) is 0 Å². The van der Waals surface area contributed by atoms with E-state index in [-0.39, 0.29) is 0 Å². The minimum absolute atomic E-state index is 0.411. The Morgan fingerprint density at radius 2 is 2.11 bits per heavy atom. The summed E-state index contributed by atoms with van der Waals surface area (Å²) < 4.78 is 0. The molecular formula is C18H28. The van der Waals surface area contributed by atoms with Gasteiger partial charge in [0.15, 0.2) is 0 Å². The molecule has 0 aromatic carbocycles. The minimum Gasteiger partial charge on any atom is -0.103 e. The normalized spacial score (nSPS) is 37.9. The number of hydrogen-bond acceptors (Lipinski definition) is 0. The first-order chi connectivity index (χ1) is 8.49. The van der Waals surface area contributed by atoms with Gasteiger partial charge in [0.1, 0.15) is 0 Å². The molecule has 0 N–H and O–H groups in total. The van der Waals surface area contributed by atoms with E-state index >= 15 is 0 Å². The van der Waals surface area contributed by atoms with Crippen LogP contribution in [0.15, 0.2) is 36.5 Å². The molecule has 100 valence electrons. The summed E-state index contributed by atoms with van der Waals surface area (Å²) in [5.41, 5.74) is 3.40. The highest BCUT2D eigenvalue weighted by atomic mass is 14.6. The van der Waals surface area contributed by atoms with Crippen LogP contribution in [0.3, 0.4) is 0 Å². The van der Waals surface area contributed by atoms with Gasteiger partial charge in [0, 0.05) is 0 Å². The van der Waals surface area contributed by atoms with E-state index in [0.29, 0.717) is 5.41 Å². The van der Waals surface area contributed by atoms with Crippen LogP contribution in [0.1, 0.15) is 52.9 Å². The van der Waals surface area contributed by atoms with E-state index in [1.165, 1.54) is 37.7 Å². The van der Waals surface area contributed by atoms with Crippen LogP contribution in [0, 0.1) is 23.2 Å². The molecule has 3 unspecified atom stereocenters. The highest BCUT2D eigenvalue weighted by Crippen LogP contribution is 2.63. The molecule has 0 spiro atoms. The van der Waals surface area contributed by atoms with Crippen molar-refractivity contribution in [2.45, 2.75) is 52.9 Å². The van der Waals surface area contributed by atoms with Crippen molar-refractivity contribution in [3.05, 3.63) is 36.5 Å². The maximum Gasteiger partial charge on any atom is -0.00847 e. The molecule has 0 saturated heterocycles. The van der Waals surface area contributed by atoms with Gasteiger partial charge in [-0.25, -0.2) is 0 Å². The number of allylic oxidation sites excluding steroid dienone is 4. The summed E-state index contributed by atoms with van der Waals surface area (Å²) in [6.07, 6.45) is 11.0. The van der Waals surface area contributed by atoms with E-state index in [2.05, 4.69) is 46.1 Å². The topological polar surface area (TPSA) is 0 Å². The monoisotopic (exact) mass is 244 g/mol. The van der Waals surface area contributed by atoms with Crippen molar-refractivity contribution in [1.82, 2.24) is 0 Å². The molecule has 0 amide bonds. The second-order valence-electron chi connectivity index (χ2n) is 6.82. The first kappa shape index (κ1) is 13.6. The fraction of sp³-hybridized carbons (Fsp3) is 0.667. The predicted molar refractivity (Wildman–Crippen MR) is 80.4 cm³/mol. The molecule has 0 aromatic rings. The van der Waals surface area contributed by atoms with Gasteiger partial charge in [-0.15, -0.1) is 6.58 Å². The largest absolute Gasteiger partial charge is 0.103 e. The van der Waals surface area contributed by atoms with Crippen LogP contribution in [0.4, 0.5) is 0 Å². The SMILES string of the molecule is C=CCC1C[C@H]2CC1C(=C)C2(C)CCC=C(C)C. The Labute approximate surface area is 113 Å². The molecule has 0 nitrogen and oxygen atoms in total. The molecule has 2 aliphatic rings. The molecule has 0 aliphatic heterocycles. The molecule has 0 aromatic heterocycles. The van der Waals surface area contributed by atoms with Crippen LogP contribution in [0.5, 0.6) is 0 Å². The summed E-state index contributed by atoms with van der Waals surface area (Å²) in [6.45, 7) is 15.2. The summed E-state index contributed by atoms with van der Waals surface area (Å²) in [7, 11) is 0. The Balaban J connectivity index is 2.02. The lowest BCUT2D eigenvalue weighted by atomic mass is 9.66. The fourth-order valence-electron chi connectivity index (χ4n) is 4.26. The van der Waals surface area contributed by atoms with Gasteiger partial charge < -0.3 is 0 Å². The zero-order valence-corrected chi connectivity index (χ0v) is 12.3. The lowest BCUT2D eigenvalue weighted by Gasteiger charge is -2.39. The lowest BCUT2D eigenvalue weighted by molar-refractivity contribution is 0.210. The smallest absolute Gasteiger partial charge is 0.00847 e. The zero-order chi connectivity index (χ0) is 13.3. The third-order valence-electron chi connectivity index (χ3n) is 5.46. The lowest BCUT2D eigenvalue weighted by Crippen LogP contribution is -2.29. The Kier molecular flexibility index (Phi) is 3.84. The summed E-state index contributed by atoms with van der Waals surface area (Å²) in [6, 6.07) is 0. The maximum atomic E-state index is 4.47. The van der Waals surface area contributed by atoms with Gasteiger partial charge in [-0.3, -0.25) is 0 Å². The molecule has 2 aliphatic carbocycles. The van der Waals surface area contributed by atoms with E-state index in [9.17, 15) is 0 Å². The summed E-state index contributed by atoms with van der Waals surface area (Å²) >= 11 is 0. The zero-order valence-electron chi connectivity index (χ0n) is 12.3. The van der Waals surface area contributed by atoms with Gasteiger partial charge in [-0.05, 0) is 69.1 Å². The maximum absolute atomic E-state index is 4.47. The van der Waals surface area contributed by atoms with E-state index < -0.39 is 0 Å². The van der Waals surface area contributed by atoms with Crippen molar-refractivity contribution < 1.29 is 0 Å². The standard InChI is InChI=1S/C18H28/c1-6-8-15-11-16-12-17(15)14(4)18(16,5)10-7-9-13(2)3/h6,9,15-17H,1,4,7-8,10-12H2,2-3,5H3/t15?,16-,17?,18?/m0/s1. The van der Waals surface area contributed by atoms with Crippen LogP contribution >= 0.6 is 0 Å². The van der Waals surface area contributed by atoms with Crippen LogP contribution < -0.4 is 0 Å². The second kappa shape index (κ2) is 5.07. The van der Waals surface area contributed by atoms with Gasteiger partial charge in [-0.1, -0.05) is 36.8 Å². The molecule has 4 atom stereocenters. The van der Waals surface area contributed by atoms with Crippen molar-refractivity contribution in [2.75, 3.05) is 0 Å². The highest BCUT2D eigenvalue weighted by molar-refractivity contribution is 5.26. The average Bonchev–Trinajstić information content (AvgIpc) is 2.80. The molecule has 0 heterocycles. The van der Waals surface area contributed by atoms with Gasteiger partial charge in [0.2, 0.25) is 0 Å². The summed E-state index contributed by atoms with van der Waals surface area (Å²) in [4.78, 5) is 0.